The molecular formula is C14H22N2O. The first-order chi connectivity index (χ1) is 8.16. The van der Waals surface area contributed by atoms with Crippen molar-refractivity contribution in [2.75, 3.05) is 12.3 Å². The molecule has 2 rings (SSSR count). The molecule has 1 aliphatic rings. The Balaban J connectivity index is 1.99. The van der Waals surface area contributed by atoms with Crippen molar-refractivity contribution >= 4 is 5.69 Å². The number of benzene rings is 1. The molecule has 1 aromatic rings. The van der Waals surface area contributed by atoms with Gasteiger partial charge < -0.3 is 15.8 Å². The van der Waals surface area contributed by atoms with Crippen LogP contribution >= 0.6 is 0 Å². The molecule has 0 bridgehead atoms. The van der Waals surface area contributed by atoms with Gasteiger partial charge >= 0.3 is 0 Å². The molecule has 0 spiro atoms. The number of hydrogen-bond acceptors (Lipinski definition) is 3. The van der Waals surface area contributed by atoms with Gasteiger partial charge in [0.15, 0.2) is 0 Å². The average Bonchev–Trinajstić information content (AvgIpc) is 2.34. The van der Waals surface area contributed by atoms with Gasteiger partial charge in [0.05, 0.1) is 5.69 Å². The highest BCUT2D eigenvalue weighted by molar-refractivity contribution is 5.54. The SMILES string of the molecule is Cc1ccc(OC(C)C2CCCCN2)c(N)c1. The van der Waals surface area contributed by atoms with E-state index in [1.54, 1.807) is 0 Å². The van der Waals surface area contributed by atoms with E-state index in [9.17, 15) is 0 Å². The number of nitrogens with one attached hydrogen (secondary N) is 1. The third-order valence-electron chi connectivity index (χ3n) is 3.39. The van der Waals surface area contributed by atoms with Crippen LogP contribution in [0.4, 0.5) is 5.69 Å². The number of ether oxygens (including phenoxy) is 1. The maximum Gasteiger partial charge on any atom is 0.142 e. The summed E-state index contributed by atoms with van der Waals surface area (Å²) in [7, 11) is 0. The van der Waals surface area contributed by atoms with E-state index in [2.05, 4.69) is 12.2 Å². The molecule has 0 aliphatic carbocycles. The van der Waals surface area contributed by atoms with Crippen LogP contribution in [0, 0.1) is 6.92 Å². The van der Waals surface area contributed by atoms with Gasteiger partial charge in [0.25, 0.3) is 0 Å². The van der Waals surface area contributed by atoms with Crippen molar-refractivity contribution in [1.29, 1.82) is 0 Å². The summed E-state index contributed by atoms with van der Waals surface area (Å²) in [6.07, 6.45) is 3.91. The van der Waals surface area contributed by atoms with E-state index in [1.165, 1.54) is 24.8 Å². The summed E-state index contributed by atoms with van der Waals surface area (Å²) < 4.78 is 5.95. The van der Waals surface area contributed by atoms with Gasteiger partial charge in [0.2, 0.25) is 0 Å². The highest BCUT2D eigenvalue weighted by Crippen LogP contribution is 2.25. The number of rotatable bonds is 3. The van der Waals surface area contributed by atoms with Gasteiger partial charge in [-0.25, -0.2) is 0 Å². The molecule has 3 N–H and O–H groups in total. The number of hydrogen-bond donors (Lipinski definition) is 2. The normalized spacial score (nSPS) is 22.1. The molecule has 0 saturated carbocycles. The van der Waals surface area contributed by atoms with Crippen molar-refractivity contribution < 1.29 is 4.74 Å². The van der Waals surface area contributed by atoms with Gasteiger partial charge in [-0.2, -0.15) is 0 Å². The summed E-state index contributed by atoms with van der Waals surface area (Å²) in [4.78, 5) is 0. The molecule has 3 nitrogen and oxygen atoms in total. The molecule has 1 aliphatic heterocycles. The third kappa shape index (κ3) is 3.13. The number of nitrogens with two attached hydrogens (primary N) is 1. The molecule has 1 fully saturated rings. The minimum Gasteiger partial charge on any atom is -0.487 e. The molecule has 1 saturated heterocycles. The molecule has 0 aromatic heterocycles. The summed E-state index contributed by atoms with van der Waals surface area (Å²) in [5.41, 5.74) is 7.85. The molecular weight excluding hydrogens is 212 g/mol. The van der Waals surface area contributed by atoms with Crippen molar-refractivity contribution in [3.8, 4) is 5.75 Å². The second-order valence-electron chi connectivity index (χ2n) is 4.92. The van der Waals surface area contributed by atoms with Gasteiger partial charge in [-0.1, -0.05) is 12.5 Å². The Hall–Kier alpha value is -1.22. The fraction of sp³-hybridized carbons (Fsp3) is 0.571. The highest BCUT2D eigenvalue weighted by Gasteiger charge is 2.21. The molecule has 1 heterocycles. The largest absolute Gasteiger partial charge is 0.487 e. The quantitative estimate of drug-likeness (QED) is 0.790. The fourth-order valence-electron chi connectivity index (χ4n) is 2.34. The van der Waals surface area contributed by atoms with E-state index in [1.807, 2.05) is 25.1 Å². The maximum absolute atomic E-state index is 5.95. The van der Waals surface area contributed by atoms with Crippen LogP contribution in [0.15, 0.2) is 18.2 Å². The van der Waals surface area contributed by atoms with Crippen LogP contribution in [0.25, 0.3) is 0 Å². The Morgan fingerprint density at radius 3 is 2.88 bits per heavy atom. The first-order valence-corrected chi connectivity index (χ1v) is 6.43. The topological polar surface area (TPSA) is 47.3 Å². The average molecular weight is 234 g/mol. The third-order valence-corrected chi connectivity index (χ3v) is 3.39. The van der Waals surface area contributed by atoms with Crippen molar-refractivity contribution in [2.24, 2.45) is 0 Å². The zero-order valence-electron chi connectivity index (χ0n) is 10.7. The van der Waals surface area contributed by atoms with Crippen LogP contribution in [0.3, 0.4) is 0 Å². The number of nitrogen functional groups attached to an aromatic ring is 1. The van der Waals surface area contributed by atoms with Gasteiger partial charge in [-0.05, 0) is 50.9 Å². The van der Waals surface area contributed by atoms with Gasteiger partial charge in [-0.3, -0.25) is 0 Å². The van der Waals surface area contributed by atoms with E-state index in [0.717, 1.165) is 18.0 Å². The smallest absolute Gasteiger partial charge is 0.142 e. The van der Waals surface area contributed by atoms with Gasteiger partial charge in [0, 0.05) is 6.04 Å². The summed E-state index contributed by atoms with van der Waals surface area (Å²) in [5.74, 6) is 0.801. The van der Waals surface area contributed by atoms with Gasteiger partial charge in [0.1, 0.15) is 11.9 Å². The molecule has 2 unspecified atom stereocenters. The first-order valence-electron chi connectivity index (χ1n) is 6.43. The highest BCUT2D eigenvalue weighted by atomic mass is 16.5. The number of anilines is 1. The molecule has 3 heteroatoms. The summed E-state index contributed by atoms with van der Waals surface area (Å²) >= 11 is 0. The zero-order chi connectivity index (χ0) is 12.3. The maximum atomic E-state index is 5.95. The van der Waals surface area contributed by atoms with Crippen LogP contribution < -0.4 is 15.8 Å². The van der Waals surface area contributed by atoms with E-state index in [0.29, 0.717) is 6.04 Å². The summed E-state index contributed by atoms with van der Waals surface area (Å²) in [6, 6.07) is 6.40. The van der Waals surface area contributed by atoms with Crippen molar-refractivity contribution in [3.05, 3.63) is 23.8 Å². The molecule has 17 heavy (non-hydrogen) atoms. The van der Waals surface area contributed by atoms with Crippen LogP contribution in [-0.2, 0) is 0 Å². The zero-order valence-corrected chi connectivity index (χ0v) is 10.7. The number of aryl methyl sites for hydroxylation is 1. The van der Waals surface area contributed by atoms with Crippen LogP contribution in [-0.4, -0.2) is 18.7 Å². The molecule has 0 radical (unpaired) electrons. The van der Waals surface area contributed by atoms with Crippen LogP contribution in [0.2, 0.25) is 0 Å². The minimum atomic E-state index is 0.167. The lowest BCUT2D eigenvalue weighted by molar-refractivity contribution is 0.153. The molecule has 94 valence electrons. The van der Waals surface area contributed by atoms with Crippen LogP contribution in [0.5, 0.6) is 5.75 Å². The lowest BCUT2D eigenvalue weighted by Gasteiger charge is -2.29. The van der Waals surface area contributed by atoms with Crippen LogP contribution in [0.1, 0.15) is 31.7 Å². The summed E-state index contributed by atoms with van der Waals surface area (Å²) in [6.45, 7) is 5.25. The summed E-state index contributed by atoms with van der Waals surface area (Å²) in [5, 5.41) is 3.50. The predicted molar refractivity (Wildman–Crippen MR) is 71.3 cm³/mol. The Bertz CT molecular complexity index is 372. The van der Waals surface area contributed by atoms with E-state index in [4.69, 9.17) is 10.5 Å². The Kier molecular flexibility index (Phi) is 3.89. The van der Waals surface area contributed by atoms with E-state index >= 15 is 0 Å². The molecule has 1 aromatic carbocycles. The Morgan fingerprint density at radius 2 is 2.24 bits per heavy atom. The second kappa shape index (κ2) is 5.41. The second-order valence-corrected chi connectivity index (χ2v) is 4.92. The number of piperidine rings is 1. The van der Waals surface area contributed by atoms with Crippen molar-refractivity contribution in [3.63, 3.8) is 0 Å². The minimum absolute atomic E-state index is 0.167. The lowest BCUT2D eigenvalue weighted by atomic mass is 10.0. The van der Waals surface area contributed by atoms with Gasteiger partial charge in [-0.15, -0.1) is 0 Å². The van der Waals surface area contributed by atoms with Crippen molar-refractivity contribution in [2.45, 2.75) is 45.3 Å². The molecule has 2 atom stereocenters. The first kappa shape index (κ1) is 12.2. The Labute approximate surface area is 103 Å². The monoisotopic (exact) mass is 234 g/mol. The molecule has 0 amide bonds. The fourth-order valence-corrected chi connectivity index (χ4v) is 2.34. The standard InChI is InChI=1S/C14H22N2O/c1-10-6-7-14(12(15)9-10)17-11(2)13-5-3-4-8-16-13/h6-7,9,11,13,16H,3-5,8,15H2,1-2H3. The van der Waals surface area contributed by atoms with E-state index < -0.39 is 0 Å². The predicted octanol–water partition coefficient (Wildman–Crippen LogP) is 2.49. The van der Waals surface area contributed by atoms with Crippen molar-refractivity contribution in [1.82, 2.24) is 5.32 Å². The Morgan fingerprint density at radius 1 is 1.41 bits per heavy atom. The lowest BCUT2D eigenvalue weighted by Crippen LogP contribution is -2.44. The van der Waals surface area contributed by atoms with E-state index in [-0.39, 0.29) is 6.10 Å².